The van der Waals surface area contributed by atoms with Crippen LogP contribution in [0, 0.1) is 19.7 Å². The predicted molar refractivity (Wildman–Crippen MR) is 166 cm³/mol. The maximum atomic E-state index is 14.8. The van der Waals surface area contributed by atoms with Gasteiger partial charge < -0.3 is 24.8 Å². The van der Waals surface area contributed by atoms with Crippen molar-refractivity contribution in [3.8, 4) is 11.1 Å². The van der Waals surface area contributed by atoms with Crippen molar-refractivity contribution in [1.29, 1.82) is 0 Å². The van der Waals surface area contributed by atoms with E-state index < -0.39 is 5.82 Å². The minimum Gasteiger partial charge on any atom is -0.380 e. The van der Waals surface area contributed by atoms with E-state index in [4.69, 9.17) is 16.3 Å². The van der Waals surface area contributed by atoms with Crippen LogP contribution in [-0.2, 0) is 20.7 Å². The third-order valence-corrected chi connectivity index (χ3v) is 7.44. The van der Waals surface area contributed by atoms with Crippen LogP contribution in [-0.4, -0.2) is 74.0 Å². The SMILES string of the molecule is CCN(C=O)CCc1[nH]c(/C=C2\C(=O)Nc3cccc(-c4cccc(Cl)c4F)c32)c(C)c1C.CCOCCN(C)C. The zero-order valence-electron chi connectivity index (χ0n) is 24.7. The van der Waals surface area contributed by atoms with E-state index in [1.54, 1.807) is 35.2 Å². The fourth-order valence-electron chi connectivity index (χ4n) is 4.57. The quantitative estimate of drug-likeness (QED) is 0.161. The Hall–Kier alpha value is -3.46. The van der Waals surface area contributed by atoms with Crippen LogP contribution in [0.2, 0.25) is 5.02 Å². The molecule has 220 valence electrons. The molecule has 2 N–H and O–H groups in total. The Bertz CT molecular complexity index is 1400. The highest BCUT2D eigenvalue weighted by atomic mass is 35.5. The molecule has 2 amide bonds. The summed E-state index contributed by atoms with van der Waals surface area (Å²) in [5.41, 5.74) is 6.64. The van der Waals surface area contributed by atoms with Crippen molar-refractivity contribution >= 4 is 41.3 Å². The maximum absolute atomic E-state index is 14.8. The number of fused-ring (bicyclic) bond motifs is 1. The summed E-state index contributed by atoms with van der Waals surface area (Å²) in [5.74, 6) is -0.762. The Morgan fingerprint density at radius 3 is 2.39 bits per heavy atom. The van der Waals surface area contributed by atoms with Gasteiger partial charge in [0.2, 0.25) is 6.41 Å². The number of halogens is 2. The number of rotatable bonds is 11. The van der Waals surface area contributed by atoms with E-state index in [1.165, 1.54) is 6.07 Å². The van der Waals surface area contributed by atoms with Gasteiger partial charge in [-0.15, -0.1) is 0 Å². The van der Waals surface area contributed by atoms with Crippen molar-refractivity contribution in [3.05, 3.63) is 75.3 Å². The van der Waals surface area contributed by atoms with Gasteiger partial charge in [-0.3, -0.25) is 9.59 Å². The molecular weight excluding hydrogens is 543 g/mol. The summed E-state index contributed by atoms with van der Waals surface area (Å²) in [6.45, 7) is 11.9. The molecule has 0 aliphatic carbocycles. The van der Waals surface area contributed by atoms with E-state index in [0.29, 0.717) is 47.5 Å². The third-order valence-electron chi connectivity index (χ3n) is 7.15. The van der Waals surface area contributed by atoms with E-state index >= 15 is 0 Å². The van der Waals surface area contributed by atoms with Gasteiger partial charge in [0.1, 0.15) is 5.82 Å². The first-order valence-corrected chi connectivity index (χ1v) is 14.2. The van der Waals surface area contributed by atoms with E-state index in [9.17, 15) is 14.0 Å². The summed E-state index contributed by atoms with van der Waals surface area (Å²) >= 11 is 6.02. The first-order chi connectivity index (χ1) is 19.6. The second-order valence-corrected chi connectivity index (χ2v) is 10.5. The zero-order valence-corrected chi connectivity index (χ0v) is 25.5. The lowest BCUT2D eigenvalue weighted by Crippen LogP contribution is -2.24. The summed E-state index contributed by atoms with van der Waals surface area (Å²) in [6, 6.07) is 10.2. The van der Waals surface area contributed by atoms with Crippen LogP contribution in [0.3, 0.4) is 0 Å². The van der Waals surface area contributed by atoms with Crippen molar-refractivity contribution in [2.45, 2.75) is 34.1 Å². The van der Waals surface area contributed by atoms with E-state index in [1.807, 2.05) is 47.9 Å². The van der Waals surface area contributed by atoms with Gasteiger partial charge in [0.25, 0.3) is 5.91 Å². The third kappa shape index (κ3) is 7.85. The number of hydrogen-bond acceptors (Lipinski definition) is 4. The maximum Gasteiger partial charge on any atom is 0.256 e. The summed E-state index contributed by atoms with van der Waals surface area (Å²) < 4.78 is 19.9. The van der Waals surface area contributed by atoms with Gasteiger partial charge in [-0.25, -0.2) is 4.39 Å². The van der Waals surface area contributed by atoms with Crippen molar-refractivity contribution < 1.29 is 18.7 Å². The standard InChI is InChI=1S/C26H25ClFN3O2.C6H15NO/c1-4-31(14-32)12-11-21-15(2)16(3)23(29-21)13-19-24-17(7-6-10-22(24)30-26(19)33)18-8-5-9-20(27)25(18)28;1-4-8-6-5-7(2)3/h5-10,13-14,29H,4,11-12H2,1-3H3,(H,30,33);4-6H2,1-3H3/b19-13-;. The molecule has 41 heavy (non-hydrogen) atoms. The molecule has 0 unspecified atom stereocenters. The molecular formula is C32H40ClFN4O3. The van der Waals surface area contributed by atoms with Gasteiger partial charge in [-0.2, -0.15) is 0 Å². The minimum absolute atomic E-state index is 0.0323. The summed E-state index contributed by atoms with van der Waals surface area (Å²) in [5, 5.41) is 2.92. The molecule has 0 fully saturated rings. The second kappa shape index (κ2) is 15.0. The number of nitrogens with zero attached hydrogens (tertiary/aromatic N) is 2. The monoisotopic (exact) mass is 582 g/mol. The van der Waals surface area contributed by atoms with Gasteiger partial charge in [0.15, 0.2) is 0 Å². The number of nitrogens with one attached hydrogen (secondary N) is 2. The molecule has 4 rings (SSSR count). The molecule has 7 nitrogen and oxygen atoms in total. The Kier molecular flexibility index (Phi) is 11.7. The highest BCUT2D eigenvalue weighted by Gasteiger charge is 2.29. The smallest absolute Gasteiger partial charge is 0.256 e. The lowest BCUT2D eigenvalue weighted by molar-refractivity contribution is -0.118. The van der Waals surface area contributed by atoms with E-state index in [0.717, 1.165) is 48.7 Å². The van der Waals surface area contributed by atoms with Gasteiger partial charge in [0, 0.05) is 60.9 Å². The molecule has 1 aliphatic heterocycles. The molecule has 1 aromatic heterocycles. The first kappa shape index (κ1) is 32.1. The van der Waals surface area contributed by atoms with Crippen molar-refractivity contribution in [2.24, 2.45) is 0 Å². The number of benzene rings is 2. The molecule has 0 radical (unpaired) electrons. The highest BCUT2D eigenvalue weighted by molar-refractivity contribution is 6.36. The molecule has 0 spiro atoms. The van der Waals surface area contributed by atoms with Crippen LogP contribution < -0.4 is 5.32 Å². The Morgan fingerprint density at radius 1 is 1.02 bits per heavy atom. The molecule has 0 saturated carbocycles. The first-order valence-electron chi connectivity index (χ1n) is 13.8. The van der Waals surface area contributed by atoms with Crippen LogP contribution >= 0.6 is 11.6 Å². The average molecular weight is 583 g/mol. The number of carbonyl (C=O) groups excluding carboxylic acids is 2. The molecule has 0 bridgehead atoms. The van der Waals surface area contributed by atoms with Crippen molar-refractivity contribution in [2.75, 3.05) is 52.3 Å². The molecule has 1 aliphatic rings. The van der Waals surface area contributed by atoms with E-state index in [2.05, 4.69) is 15.2 Å². The molecule has 0 atom stereocenters. The topological polar surface area (TPSA) is 77.7 Å². The van der Waals surface area contributed by atoms with Gasteiger partial charge in [-0.05, 0) is 76.7 Å². The summed E-state index contributed by atoms with van der Waals surface area (Å²) in [4.78, 5) is 31.3. The number of carbonyl (C=O) groups is 2. The van der Waals surface area contributed by atoms with Crippen LogP contribution in [0.1, 0.15) is 41.9 Å². The highest BCUT2D eigenvalue weighted by Crippen LogP contribution is 2.42. The van der Waals surface area contributed by atoms with Gasteiger partial charge in [-0.1, -0.05) is 35.9 Å². The van der Waals surface area contributed by atoms with Crippen LogP contribution in [0.15, 0.2) is 36.4 Å². The van der Waals surface area contributed by atoms with E-state index in [-0.39, 0.29) is 10.9 Å². The number of H-pyrrole nitrogens is 1. The Balaban J connectivity index is 0.000000507. The number of aromatic nitrogens is 1. The Morgan fingerprint density at radius 2 is 1.73 bits per heavy atom. The van der Waals surface area contributed by atoms with Crippen molar-refractivity contribution in [3.63, 3.8) is 0 Å². The zero-order chi connectivity index (χ0) is 30.1. The average Bonchev–Trinajstić information content (AvgIpc) is 3.41. The lowest BCUT2D eigenvalue weighted by Gasteiger charge is -2.14. The lowest BCUT2D eigenvalue weighted by atomic mass is 9.93. The van der Waals surface area contributed by atoms with Gasteiger partial charge >= 0.3 is 0 Å². The number of likely N-dealkylation sites (N-methyl/N-ethyl adjacent to an activating group) is 2. The molecule has 2 heterocycles. The number of hydrogen-bond donors (Lipinski definition) is 2. The normalized spacial score (nSPS) is 13.2. The molecule has 3 aromatic rings. The molecule has 2 aromatic carbocycles. The fourth-order valence-corrected chi connectivity index (χ4v) is 4.75. The number of anilines is 1. The van der Waals surface area contributed by atoms with Crippen LogP contribution in [0.25, 0.3) is 22.8 Å². The second-order valence-electron chi connectivity index (χ2n) is 10.1. The molecule has 9 heteroatoms. The number of amides is 2. The van der Waals surface area contributed by atoms with Crippen molar-refractivity contribution in [1.82, 2.24) is 14.8 Å². The van der Waals surface area contributed by atoms with Crippen LogP contribution in [0.5, 0.6) is 0 Å². The number of aromatic amines is 1. The number of ether oxygens (including phenoxy) is 1. The Labute approximate surface area is 247 Å². The fraction of sp³-hybridized carbons (Fsp3) is 0.375. The summed E-state index contributed by atoms with van der Waals surface area (Å²) in [7, 11) is 4.08. The van der Waals surface area contributed by atoms with Gasteiger partial charge in [0.05, 0.1) is 17.2 Å². The van der Waals surface area contributed by atoms with Crippen LogP contribution in [0.4, 0.5) is 10.1 Å². The minimum atomic E-state index is -0.517. The molecule has 0 saturated heterocycles. The largest absolute Gasteiger partial charge is 0.380 e. The predicted octanol–water partition coefficient (Wildman–Crippen LogP) is 6.19. The summed E-state index contributed by atoms with van der Waals surface area (Å²) in [6.07, 6.45) is 3.35.